The van der Waals surface area contributed by atoms with E-state index in [0.29, 0.717) is 6.04 Å². The van der Waals surface area contributed by atoms with Crippen molar-refractivity contribution >= 4 is 0 Å². The lowest BCUT2D eigenvalue weighted by molar-refractivity contribution is 0.138. The number of fused-ring (bicyclic) bond motifs is 1. The van der Waals surface area contributed by atoms with Gasteiger partial charge in [-0.05, 0) is 12.5 Å². The van der Waals surface area contributed by atoms with Gasteiger partial charge in [-0.1, -0.05) is 6.92 Å². The summed E-state index contributed by atoms with van der Waals surface area (Å²) in [5.74, 6) is 1.99. The third-order valence-electron chi connectivity index (χ3n) is 3.72. The number of hydrogen-bond acceptors (Lipinski definition) is 3. The summed E-state index contributed by atoms with van der Waals surface area (Å²) >= 11 is 0. The monoisotopic (exact) mass is 206 g/mol. The number of nitrogens with one attached hydrogen (secondary N) is 1. The summed E-state index contributed by atoms with van der Waals surface area (Å²) in [7, 11) is 0. The van der Waals surface area contributed by atoms with E-state index in [1.54, 1.807) is 0 Å². The number of imidazole rings is 1. The van der Waals surface area contributed by atoms with Crippen molar-refractivity contribution in [3.05, 3.63) is 18.2 Å². The van der Waals surface area contributed by atoms with Crippen molar-refractivity contribution in [1.29, 1.82) is 0 Å². The standard InChI is InChI=1S/C11H18N4/c1-9-6-12-7-10(9)15-5-4-14-3-2-13-11(14)8-15/h2-3,9-10,12H,4-8H2,1H3. The molecule has 1 saturated heterocycles. The third kappa shape index (κ3) is 1.58. The molecule has 0 aliphatic carbocycles. The maximum absolute atomic E-state index is 4.40. The summed E-state index contributed by atoms with van der Waals surface area (Å²) < 4.78 is 2.27. The van der Waals surface area contributed by atoms with Gasteiger partial charge in [0.25, 0.3) is 0 Å². The van der Waals surface area contributed by atoms with Crippen LogP contribution in [0, 0.1) is 5.92 Å². The summed E-state index contributed by atoms with van der Waals surface area (Å²) in [5, 5.41) is 3.47. The first-order chi connectivity index (χ1) is 7.34. The second kappa shape index (κ2) is 3.61. The molecule has 15 heavy (non-hydrogen) atoms. The Morgan fingerprint density at radius 3 is 3.13 bits per heavy atom. The molecule has 3 rings (SSSR count). The van der Waals surface area contributed by atoms with Gasteiger partial charge in [0.2, 0.25) is 0 Å². The lowest BCUT2D eigenvalue weighted by atomic mass is 10.0. The quantitative estimate of drug-likeness (QED) is 0.718. The highest BCUT2D eigenvalue weighted by Crippen LogP contribution is 2.20. The molecule has 0 aromatic carbocycles. The molecule has 0 amide bonds. The van der Waals surface area contributed by atoms with Crippen LogP contribution in [0.1, 0.15) is 12.7 Å². The molecule has 2 aliphatic rings. The van der Waals surface area contributed by atoms with Gasteiger partial charge in [0.1, 0.15) is 5.82 Å². The predicted octanol–water partition coefficient (Wildman–Crippen LogP) is 0.307. The zero-order chi connectivity index (χ0) is 10.3. The van der Waals surface area contributed by atoms with Crippen LogP contribution < -0.4 is 5.32 Å². The molecule has 2 atom stereocenters. The van der Waals surface area contributed by atoms with Gasteiger partial charge in [-0.25, -0.2) is 4.98 Å². The number of aromatic nitrogens is 2. The van der Waals surface area contributed by atoms with Gasteiger partial charge in [-0.3, -0.25) is 4.90 Å². The summed E-state index contributed by atoms with van der Waals surface area (Å²) in [5.41, 5.74) is 0. The van der Waals surface area contributed by atoms with Gasteiger partial charge in [0.05, 0.1) is 6.54 Å². The molecule has 0 radical (unpaired) electrons. The number of rotatable bonds is 1. The first-order valence-electron chi connectivity index (χ1n) is 5.79. The van der Waals surface area contributed by atoms with E-state index in [1.165, 1.54) is 12.4 Å². The van der Waals surface area contributed by atoms with E-state index in [1.807, 2.05) is 6.20 Å². The Labute approximate surface area is 90.3 Å². The Morgan fingerprint density at radius 1 is 1.40 bits per heavy atom. The highest BCUT2D eigenvalue weighted by molar-refractivity contribution is 4.98. The summed E-state index contributed by atoms with van der Waals surface area (Å²) in [6, 6.07) is 0.704. The van der Waals surface area contributed by atoms with E-state index in [9.17, 15) is 0 Å². The van der Waals surface area contributed by atoms with Crippen LogP contribution in [-0.2, 0) is 13.1 Å². The molecule has 4 heteroatoms. The van der Waals surface area contributed by atoms with Crippen LogP contribution in [0.15, 0.2) is 12.4 Å². The Kier molecular flexibility index (Phi) is 2.25. The molecule has 4 nitrogen and oxygen atoms in total. The van der Waals surface area contributed by atoms with E-state index in [0.717, 1.165) is 32.1 Å². The van der Waals surface area contributed by atoms with Crippen molar-refractivity contribution < 1.29 is 0 Å². The summed E-state index contributed by atoms with van der Waals surface area (Å²) in [6.45, 7) is 7.92. The van der Waals surface area contributed by atoms with Crippen molar-refractivity contribution in [2.24, 2.45) is 5.92 Å². The maximum Gasteiger partial charge on any atom is 0.122 e. The molecule has 2 unspecified atom stereocenters. The Bertz CT molecular complexity index is 346. The van der Waals surface area contributed by atoms with Crippen LogP contribution in [0.25, 0.3) is 0 Å². The molecule has 0 spiro atoms. The number of nitrogens with zero attached hydrogens (tertiary/aromatic N) is 3. The molecule has 1 fully saturated rings. The van der Waals surface area contributed by atoms with Crippen molar-refractivity contribution in [2.45, 2.75) is 26.1 Å². The van der Waals surface area contributed by atoms with Gasteiger partial charge < -0.3 is 9.88 Å². The van der Waals surface area contributed by atoms with E-state index >= 15 is 0 Å². The smallest absolute Gasteiger partial charge is 0.122 e. The van der Waals surface area contributed by atoms with Crippen molar-refractivity contribution in [2.75, 3.05) is 19.6 Å². The van der Waals surface area contributed by atoms with E-state index in [-0.39, 0.29) is 0 Å². The van der Waals surface area contributed by atoms with E-state index in [2.05, 4.69) is 32.9 Å². The minimum absolute atomic E-state index is 0.704. The second-order valence-electron chi connectivity index (χ2n) is 4.71. The average Bonchev–Trinajstić information content (AvgIpc) is 2.84. The molecule has 1 aromatic heterocycles. The fourth-order valence-electron chi connectivity index (χ4n) is 2.76. The van der Waals surface area contributed by atoms with Gasteiger partial charge in [0.15, 0.2) is 0 Å². The predicted molar refractivity (Wildman–Crippen MR) is 58.5 cm³/mol. The fourth-order valence-corrected chi connectivity index (χ4v) is 2.76. The summed E-state index contributed by atoms with van der Waals surface area (Å²) in [6.07, 6.45) is 4.00. The zero-order valence-electron chi connectivity index (χ0n) is 9.19. The molecular formula is C11H18N4. The lowest BCUT2D eigenvalue weighted by Gasteiger charge is -2.34. The Hall–Kier alpha value is -0.870. The first-order valence-corrected chi connectivity index (χ1v) is 5.79. The van der Waals surface area contributed by atoms with Crippen molar-refractivity contribution in [3.8, 4) is 0 Å². The highest BCUT2D eigenvalue weighted by atomic mass is 15.3. The third-order valence-corrected chi connectivity index (χ3v) is 3.72. The van der Waals surface area contributed by atoms with Crippen LogP contribution >= 0.6 is 0 Å². The van der Waals surface area contributed by atoms with Crippen molar-refractivity contribution in [3.63, 3.8) is 0 Å². The average molecular weight is 206 g/mol. The molecule has 3 heterocycles. The minimum Gasteiger partial charge on any atom is -0.333 e. The molecule has 1 N–H and O–H groups in total. The van der Waals surface area contributed by atoms with Gasteiger partial charge >= 0.3 is 0 Å². The topological polar surface area (TPSA) is 33.1 Å². The van der Waals surface area contributed by atoms with E-state index in [4.69, 9.17) is 0 Å². The Morgan fingerprint density at radius 2 is 2.33 bits per heavy atom. The molecule has 0 saturated carbocycles. The largest absolute Gasteiger partial charge is 0.333 e. The SMILES string of the molecule is CC1CNCC1N1CCn2ccnc2C1. The fraction of sp³-hybridized carbons (Fsp3) is 0.727. The second-order valence-corrected chi connectivity index (χ2v) is 4.71. The highest BCUT2D eigenvalue weighted by Gasteiger charge is 2.31. The normalized spacial score (nSPS) is 31.8. The summed E-state index contributed by atoms with van der Waals surface area (Å²) in [4.78, 5) is 6.98. The zero-order valence-corrected chi connectivity index (χ0v) is 9.19. The van der Waals surface area contributed by atoms with Gasteiger partial charge in [-0.2, -0.15) is 0 Å². The molecule has 1 aromatic rings. The van der Waals surface area contributed by atoms with Crippen LogP contribution in [0.5, 0.6) is 0 Å². The van der Waals surface area contributed by atoms with Gasteiger partial charge in [-0.15, -0.1) is 0 Å². The minimum atomic E-state index is 0.704. The molecular weight excluding hydrogens is 188 g/mol. The van der Waals surface area contributed by atoms with Crippen molar-refractivity contribution in [1.82, 2.24) is 19.8 Å². The van der Waals surface area contributed by atoms with Crippen LogP contribution in [-0.4, -0.2) is 40.1 Å². The molecule has 2 aliphatic heterocycles. The lowest BCUT2D eigenvalue weighted by Crippen LogP contribution is -2.44. The molecule has 82 valence electrons. The molecule has 0 bridgehead atoms. The number of hydrogen-bond donors (Lipinski definition) is 1. The van der Waals surface area contributed by atoms with Crippen LogP contribution in [0.2, 0.25) is 0 Å². The van der Waals surface area contributed by atoms with Crippen LogP contribution in [0.4, 0.5) is 0 Å². The van der Waals surface area contributed by atoms with Gasteiger partial charge in [0, 0.05) is 38.1 Å². The van der Waals surface area contributed by atoms with E-state index < -0.39 is 0 Å². The first kappa shape index (κ1) is 9.36. The Balaban J connectivity index is 1.75. The van der Waals surface area contributed by atoms with Crippen LogP contribution in [0.3, 0.4) is 0 Å². The maximum atomic E-state index is 4.40.